The predicted octanol–water partition coefficient (Wildman–Crippen LogP) is 21.8. The standard InChI is InChI=1S/C10H18O2.C9H12O.2C8H8O.C7H14O2.C7H14.C5H8O2.2C5H8O.C5H10.C4H8O.C4H8.C3H8.C3H6/c1-4-7-11-9-10(6-3)12-8-5-2;1-2-9(10)8-6-4-3-5-7-8;2*1-7(9)8-5-3-2-4-6-8;1-3-5-9-6-7(8)4-2;1-7-5-3-2-4-6-7;1-3-4-7-5(2)6;1-4(2)5(3)6;1-3-4-5(2)6;1-4-5(2)3;1-3-4(2)5;1-3-4-2;2*1-3-2/h4-5,10H,1-2,6-9H2,3H3;3-7,9-10H,2H2,1H3;2*2-6H,1H3;3,7-8H,1,4-6H2,2H3;7H,2-6H2,1H3;3H,1,4H2,2H3;1H2,2-3H3;3H,1,4H2,2H3;2,4H2,1,3H3;3H2,1-2H3;3H,1,4H2,2H3;3H2,1-2H3;3H,1H2,2H3. The third-order valence-corrected chi connectivity index (χ3v) is 11.1. The molecule has 0 saturated heterocycles. The number of Topliss-reactive ketones (excluding diaryl/α,β-unsaturated/α-hetero) is 5. The van der Waals surface area contributed by atoms with Crippen molar-refractivity contribution in [2.45, 2.75) is 226 Å². The molecule has 0 amide bonds. The average Bonchev–Trinajstić information content (AvgIpc) is 2.71. The van der Waals surface area contributed by atoms with Crippen molar-refractivity contribution >= 4 is 34.9 Å². The first-order chi connectivity index (χ1) is 45.0. The molecule has 3 unspecified atom stereocenters. The van der Waals surface area contributed by atoms with Gasteiger partial charge in [0.15, 0.2) is 17.3 Å². The number of carbonyl (C=O) groups is 6. The molecule has 12 heteroatoms. The summed E-state index contributed by atoms with van der Waals surface area (Å²) in [5.74, 6) is 1.50. The third-order valence-electron chi connectivity index (χ3n) is 11.1. The zero-order chi connectivity index (χ0) is 75.5. The molecule has 95 heavy (non-hydrogen) atoms. The lowest BCUT2D eigenvalue weighted by atomic mass is 9.91. The average molecular weight is 1330 g/mol. The van der Waals surface area contributed by atoms with Crippen molar-refractivity contribution in [3.8, 4) is 0 Å². The van der Waals surface area contributed by atoms with E-state index in [0.29, 0.717) is 58.1 Å². The monoisotopic (exact) mass is 1330 g/mol. The lowest BCUT2D eigenvalue weighted by molar-refractivity contribution is -0.139. The van der Waals surface area contributed by atoms with Gasteiger partial charge in [0.05, 0.1) is 51.3 Å². The van der Waals surface area contributed by atoms with Gasteiger partial charge < -0.3 is 34.0 Å². The number of ether oxygens (including phenoxy) is 4. The summed E-state index contributed by atoms with van der Waals surface area (Å²) >= 11 is 0. The molecule has 3 aromatic carbocycles. The van der Waals surface area contributed by atoms with Crippen LogP contribution in [-0.4, -0.2) is 96.9 Å². The van der Waals surface area contributed by atoms with Crippen LogP contribution in [0.15, 0.2) is 204 Å². The molecule has 0 bridgehead atoms. The maximum absolute atomic E-state index is 10.6. The Kier molecular flexibility index (Phi) is 108. The molecule has 0 radical (unpaired) electrons. The number of aliphatic hydroxyl groups is 2. The quantitative estimate of drug-likeness (QED) is 0.0270. The number of benzene rings is 3. The molecule has 1 saturated carbocycles. The van der Waals surface area contributed by atoms with E-state index in [4.69, 9.17) is 19.3 Å². The van der Waals surface area contributed by atoms with Crippen LogP contribution >= 0.6 is 0 Å². The maximum Gasteiger partial charge on any atom is 0.302 e. The summed E-state index contributed by atoms with van der Waals surface area (Å²) in [6.45, 7) is 67.7. The van der Waals surface area contributed by atoms with Gasteiger partial charge in [-0.25, -0.2) is 0 Å². The molecule has 1 aliphatic carbocycles. The molecule has 12 nitrogen and oxygen atoms in total. The van der Waals surface area contributed by atoms with Gasteiger partial charge in [-0.2, -0.15) is 0 Å². The number of carbonyl (C=O) groups excluding carboxylic acids is 6. The number of ketones is 5. The second-order valence-corrected chi connectivity index (χ2v) is 21.1. The summed E-state index contributed by atoms with van der Waals surface area (Å²) in [5.41, 5.74) is 4.43. The van der Waals surface area contributed by atoms with Gasteiger partial charge in [-0.15, -0.1) is 46.1 Å². The SMILES string of the molecule is C=C(C)C(C)=O.C=C(C)CC.C=CC.C=CCC.C=CCC(C)=O.C=CCOC(C)=O.C=CCOCC(CC)OCC=C.C=CCOCC(O)CC.CC(=O)c1ccccc1.CC(=O)c1ccccc1.CC1CCCCC1.CCC.CCC(C)=O.CCC(O)c1ccccc1. The molecular weight excluding hydrogens is 1190 g/mol. The van der Waals surface area contributed by atoms with E-state index in [9.17, 15) is 33.9 Å². The van der Waals surface area contributed by atoms with Gasteiger partial charge in [-0.3, -0.25) is 24.0 Å². The van der Waals surface area contributed by atoms with Gasteiger partial charge in [0.2, 0.25) is 0 Å². The first-order valence-electron chi connectivity index (χ1n) is 33.4. The van der Waals surface area contributed by atoms with Gasteiger partial charge in [0.1, 0.15) is 18.2 Å². The van der Waals surface area contributed by atoms with Crippen LogP contribution in [-0.2, 0) is 38.1 Å². The summed E-state index contributed by atoms with van der Waals surface area (Å²) in [6, 6.07) is 28.2. The second kappa shape index (κ2) is 93.3. The smallest absolute Gasteiger partial charge is 0.302 e. The van der Waals surface area contributed by atoms with Crippen molar-refractivity contribution < 1.29 is 57.9 Å². The highest BCUT2D eigenvalue weighted by Gasteiger charge is 2.06. The highest BCUT2D eigenvalue weighted by atomic mass is 16.5. The number of hydrogen-bond acceptors (Lipinski definition) is 12. The number of rotatable bonds is 25. The van der Waals surface area contributed by atoms with Crippen molar-refractivity contribution in [3.63, 3.8) is 0 Å². The summed E-state index contributed by atoms with van der Waals surface area (Å²) in [4.78, 5) is 61.1. The van der Waals surface area contributed by atoms with E-state index < -0.39 is 0 Å². The highest BCUT2D eigenvalue weighted by Crippen LogP contribution is 2.22. The summed E-state index contributed by atoms with van der Waals surface area (Å²) < 4.78 is 20.1. The maximum atomic E-state index is 10.6. The fraction of sp³-hybridized carbons (Fsp3) is 0.494. The third kappa shape index (κ3) is 118. The minimum Gasteiger partial charge on any atom is -0.462 e. The normalized spacial score (nSPS) is 10.7. The lowest BCUT2D eigenvalue weighted by Crippen LogP contribution is -2.19. The Morgan fingerprint density at radius 3 is 1.07 bits per heavy atom. The minimum atomic E-state index is -0.315. The van der Waals surface area contributed by atoms with E-state index in [1.54, 1.807) is 65.0 Å². The lowest BCUT2D eigenvalue weighted by Gasteiger charge is -2.15. The largest absolute Gasteiger partial charge is 0.462 e. The van der Waals surface area contributed by atoms with Crippen LogP contribution in [0.4, 0.5) is 0 Å². The molecule has 0 aliphatic heterocycles. The van der Waals surface area contributed by atoms with Crippen molar-refractivity contribution in [2.24, 2.45) is 5.92 Å². The molecule has 0 aromatic heterocycles. The summed E-state index contributed by atoms with van der Waals surface area (Å²) in [5, 5.41) is 18.3. The Morgan fingerprint density at radius 2 is 0.874 bits per heavy atom. The first-order valence-corrected chi connectivity index (χ1v) is 33.4. The van der Waals surface area contributed by atoms with Crippen molar-refractivity contribution in [2.75, 3.05) is 39.6 Å². The Balaban J connectivity index is -0.000000104. The molecule has 4 rings (SSSR count). The number of allylic oxidation sites excluding steroid dienone is 5. The zero-order valence-corrected chi connectivity index (χ0v) is 63.3. The predicted molar refractivity (Wildman–Crippen MR) is 412 cm³/mol. The molecule has 1 fully saturated rings. The van der Waals surface area contributed by atoms with Gasteiger partial charge >= 0.3 is 5.97 Å². The first kappa shape index (κ1) is 109. The van der Waals surface area contributed by atoms with Crippen LogP contribution in [0.2, 0.25) is 0 Å². The fourth-order valence-corrected chi connectivity index (χ4v) is 5.12. The van der Waals surface area contributed by atoms with Gasteiger partial charge in [-0.05, 0) is 105 Å². The Hall–Kier alpha value is -7.06. The van der Waals surface area contributed by atoms with E-state index in [2.05, 4.69) is 105 Å². The van der Waals surface area contributed by atoms with E-state index in [1.807, 2.05) is 132 Å². The van der Waals surface area contributed by atoms with Gasteiger partial charge in [0, 0.05) is 30.9 Å². The fourth-order valence-electron chi connectivity index (χ4n) is 5.12. The van der Waals surface area contributed by atoms with Crippen LogP contribution in [0.1, 0.15) is 240 Å². The van der Waals surface area contributed by atoms with Gasteiger partial charge in [-0.1, -0.05) is 253 Å². The van der Waals surface area contributed by atoms with Crippen molar-refractivity contribution in [1.82, 2.24) is 0 Å². The Labute approximate surface area is 582 Å². The van der Waals surface area contributed by atoms with Crippen molar-refractivity contribution in [1.29, 1.82) is 0 Å². The topological polar surface area (TPSA) is 180 Å². The van der Waals surface area contributed by atoms with Crippen LogP contribution in [0.3, 0.4) is 0 Å². The van der Waals surface area contributed by atoms with E-state index in [-0.39, 0.29) is 53.2 Å². The number of esters is 1. The summed E-state index contributed by atoms with van der Waals surface area (Å²) in [6.07, 6.45) is 26.0. The molecule has 3 atom stereocenters. The second-order valence-electron chi connectivity index (χ2n) is 21.1. The zero-order valence-electron chi connectivity index (χ0n) is 63.3. The van der Waals surface area contributed by atoms with E-state index >= 15 is 0 Å². The summed E-state index contributed by atoms with van der Waals surface area (Å²) in [7, 11) is 0. The molecule has 1 aliphatic rings. The Bertz CT molecular complexity index is 2190. The van der Waals surface area contributed by atoms with Crippen molar-refractivity contribution in [3.05, 3.63) is 221 Å². The van der Waals surface area contributed by atoms with Crippen LogP contribution < -0.4 is 0 Å². The molecule has 0 heterocycles. The van der Waals surface area contributed by atoms with E-state index in [0.717, 1.165) is 54.7 Å². The van der Waals surface area contributed by atoms with Crippen LogP contribution in [0, 0.1) is 5.92 Å². The van der Waals surface area contributed by atoms with Crippen LogP contribution in [0.5, 0.6) is 0 Å². The molecular formula is C83H138O12. The number of aliphatic hydroxyl groups excluding tert-OH is 2. The molecule has 0 spiro atoms. The van der Waals surface area contributed by atoms with Gasteiger partial charge in [0.25, 0.3) is 0 Å². The highest BCUT2D eigenvalue weighted by molar-refractivity contribution is 5.94. The molecule has 542 valence electrons. The molecule has 2 N–H and O–H groups in total. The molecule has 3 aromatic rings. The minimum absolute atomic E-state index is 0.0648. The Morgan fingerprint density at radius 1 is 0.516 bits per heavy atom. The van der Waals surface area contributed by atoms with Crippen LogP contribution in [0.25, 0.3) is 0 Å². The number of hydrogen-bond donors (Lipinski definition) is 2. The van der Waals surface area contributed by atoms with E-state index in [1.165, 1.54) is 64.0 Å².